The van der Waals surface area contributed by atoms with Gasteiger partial charge < -0.3 is 0 Å². The van der Waals surface area contributed by atoms with Gasteiger partial charge in [0.15, 0.2) is 0 Å². The van der Waals surface area contributed by atoms with Crippen LogP contribution in [-0.4, -0.2) is 17.3 Å². The summed E-state index contributed by atoms with van der Waals surface area (Å²) in [6.45, 7) is 0. The third-order valence-corrected chi connectivity index (χ3v) is 4.32. The second-order valence-electron chi connectivity index (χ2n) is 4.37. The molecule has 0 aromatic rings. The lowest BCUT2D eigenvalue weighted by Gasteiger charge is -2.21. The molecule has 0 aromatic heterocycles. The van der Waals surface area contributed by atoms with E-state index in [0.717, 1.165) is 32.1 Å². The Balaban J connectivity index is 1.76. The Hall–Kier alpha value is -0.240. The first kappa shape index (κ1) is 10.3. The van der Waals surface area contributed by atoms with Crippen molar-refractivity contribution in [3.8, 4) is 0 Å². The van der Waals surface area contributed by atoms with Gasteiger partial charge in [-0.1, -0.05) is 12.2 Å². The first-order valence-corrected chi connectivity index (χ1v) is 6.77. The van der Waals surface area contributed by atoms with Crippen molar-refractivity contribution >= 4 is 17.5 Å². The Kier molecular flexibility index (Phi) is 3.68. The lowest BCUT2D eigenvalue weighted by atomic mass is 9.89. The van der Waals surface area contributed by atoms with Crippen molar-refractivity contribution in [2.75, 3.05) is 11.5 Å². The van der Waals surface area contributed by atoms with E-state index in [1.165, 1.54) is 11.5 Å². The van der Waals surface area contributed by atoms with Crippen LogP contribution in [0.4, 0.5) is 0 Å². The van der Waals surface area contributed by atoms with Crippen LogP contribution in [0.15, 0.2) is 12.2 Å². The number of allylic oxidation sites excluding steroid dienone is 2. The highest BCUT2D eigenvalue weighted by Gasteiger charge is 2.24. The molecule has 0 radical (unpaired) electrons. The average molecular weight is 210 g/mol. The molecule has 1 aliphatic heterocycles. The maximum absolute atomic E-state index is 11.9. The topological polar surface area (TPSA) is 17.1 Å². The van der Waals surface area contributed by atoms with Gasteiger partial charge in [-0.3, -0.25) is 4.79 Å². The SMILES string of the molecule is O=C(CC1CC=CC1)C1CCSCC1. The zero-order chi connectivity index (χ0) is 9.80. The van der Waals surface area contributed by atoms with Crippen LogP contribution in [0.3, 0.4) is 0 Å². The quantitative estimate of drug-likeness (QED) is 0.666. The van der Waals surface area contributed by atoms with Crippen molar-refractivity contribution in [3.05, 3.63) is 12.2 Å². The maximum atomic E-state index is 11.9. The van der Waals surface area contributed by atoms with E-state index in [1.54, 1.807) is 0 Å². The van der Waals surface area contributed by atoms with Crippen molar-refractivity contribution in [1.29, 1.82) is 0 Å². The summed E-state index contributed by atoms with van der Waals surface area (Å²) in [5.74, 6) is 3.96. The van der Waals surface area contributed by atoms with Crippen LogP contribution in [0.1, 0.15) is 32.1 Å². The summed E-state index contributed by atoms with van der Waals surface area (Å²) in [5, 5.41) is 0. The molecule has 0 aromatic carbocycles. The first-order valence-electron chi connectivity index (χ1n) is 5.61. The number of carbonyl (C=O) groups is 1. The Morgan fingerprint density at radius 2 is 1.86 bits per heavy atom. The van der Waals surface area contributed by atoms with Crippen molar-refractivity contribution < 1.29 is 4.79 Å². The Morgan fingerprint density at radius 1 is 1.21 bits per heavy atom. The molecule has 0 amide bonds. The van der Waals surface area contributed by atoms with Crippen LogP contribution in [0.2, 0.25) is 0 Å². The second kappa shape index (κ2) is 5.01. The monoisotopic (exact) mass is 210 g/mol. The molecule has 2 rings (SSSR count). The summed E-state index contributed by atoms with van der Waals surface area (Å²) in [6, 6.07) is 0. The molecular formula is C12H18OS. The van der Waals surface area contributed by atoms with Gasteiger partial charge >= 0.3 is 0 Å². The fourth-order valence-electron chi connectivity index (χ4n) is 2.31. The summed E-state index contributed by atoms with van der Waals surface area (Å²) < 4.78 is 0. The number of ketones is 1. The third-order valence-electron chi connectivity index (χ3n) is 3.27. The van der Waals surface area contributed by atoms with Crippen molar-refractivity contribution in [2.45, 2.75) is 32.1 Å². The zero-order valence-corrected chi connectivity index (χ0v) is 9.39. The fraction of sp³-hybridized carbons (Fsp3) is 0.750. The van der Waals surface area contributed by atoms with Gasteiger partial charge in [0, 0.05) is 12.3 Å². The summed E-state index contributed by atoms with van der Waals surface area (Å²) in [7, 11) is 0. The molecule has 1 saturated heterocycles. The Bertz CT molecular complexity index is 220. The minimum atomic E-state index is 0.400. The predicted octanol–water partition coefficient (Wildman–Crippen LogP) is 3.06. The molecule has 14 heavy (non-hydrogen) atoms. The van der Waals surface area contributed by atoms with Crippen LogP contribution in [0.25, 0.3) is 0 Å². The fourth-order valence-corrected chi connectivity index (χ4v) is 3.42. The lowest BCUT2D eigenvalue weighted by Crippen LogP contribution is -2.21. The first-order chi connectivity index (χ1) is 6.86. The molecule has 2 heteroatoms. The molecule has 0 saturated carbocycles. The minimum absolute atomic E-state index is 0.400. The average Bonchev–Trinajstić information content (AvgIpc) is 2.72. The molecule has 1 fully saturated rings. The van der Waals surface area contributed by atoms with Gasteiger partial charge in [-0.05, 0) is 43.1 Å². The van der Waals surface area contributed by atoms with Crippen LogP contribution in [-0.2, 0) is 4.79 Å². The van der Waals surface area contributed by atoms with Gasteiger partial charge in [-0.25, -0.2) is 0 Å². The van der Waals surface area contributed by atoms with Crippen molar-refractivity contribution in [2.24, 2.45) is 11.8 Å². The standard InChI is InChI=1S/C12H18OS/c13-12(9-10-3-1-2-4-10)11-5-7-14-8-6-11/h1-2,10-11H,3-9H2. The number of thioether (sulfide) groups is 1. The van der Waals surface area contributed by atoms with Crippen molar-refractivity contribution in [1.82, 2.24) is 0 Å². The largest absolute Gasteiger partial charge is 0.299 e. The minimum Gasteiger partial charge on any atom is -0.299 e. The summed E-state index contributed by atoms with van der Waals surface area (Å²) in [4.78, 5) is 11.9. The van der Waals surface area contributed by atoms with Crippen LogP contribution in [0.5, 0.6) is 0 Å². The normalized spacial score (nSPS) is 24.3. The molecule has 78 valence electrons. The van der Waals surface area contributed by atoms with Crippen LogP contribution in [0, 0.1) is 11.8 Å². The summed E-state index contributed by atoms with van der Waals surface area (Å²) in [6.07, 6.45) is 9.79. The maximum Gasteiger partial charge on any atom is 0.136 e. The summed E-state index contributed by atoms with van der Waals surface area (Å²) >= 11 is 1.99. The van der Waals surface area contributed by atoms with Gasteiger partial charge in [-0.15, -0.1) is 0 Å². The third kappa shape index (κ3) is 2.63. The van der Waals surface area contributed by atoms with Gasteiger partial charge in [0.05, 0.1) is 0 Å². The molecular weight excluding hydrogens is 192 g/mol. The number of hydrogen-bond acceptors (Lipinski definition) is 2. The van der Waals surface area contributed by atoms with E-state index in [1.807, 2.05) is 11.8 Å². The molecule has 0 spiro atoms. The van der Waals surface area contributed by atoms with E-state index < -0.39 is 0 Å². The number of carbonyl (C=O) groups excluding carboxylic acids is 1. The molecule has 1 nitrogen and oxygen atoms in total. The summed E-state index contributed by atoms with van der Waals surface area (Å²) in [5.41, 5.74) is 0. The van der Waals surface area contributed by atoms with Gasteiger partial charge in [0.2, 0.25) is 0 Å². The lowest BCUT2D eigenvalue weighted by molar-refractivity contribution is -0.123. The second-order valence-corrected chi connectivity index (χ2v) is 5.59. The molecule has 1 aliphatic carbocycles. The van der Waals surface area contributed by atoms with Crippen molar-refractivity contribution in [3.63, 3.8) is 0 Å². The predicted molar refractivity (Wildman–Crippen MR) is 61.5 cm³/mol. The van der Waals surface area contributed by atoms with E-state index in [9.17, 15) is 4.79 Å². The van der Waals surface area contributed by atoms with Crippen LogP contribution < -0.4 is 0 Å². The zero-order valence-electron chi connectivity index (χ0n) is 8.58. The van der Waals surface area contributed by atoms with E-state index in [-0.39, 0.29) is 0 Å². The Labute approximate surface area is 90.3 Å². The van der Waals surface area contributed by atoms with E-state index in [4.69, 9.17) is 0 Å². The van der Waals surface area contributed by atoms with E-state index >= 15 is 0 Å². The smallest absolute Gasteiger partial charge is 0.136 e. The van der Waals surface area contributed by atoms with Gasteiger partial charge in [-0.2, -0.15) is 11.8 Å². The molecule has 1 heterocycles. The highest BCUT2D eigenvalue weighted by molar-refractivity contribution is 7.99. The van der Waals surface area contributed by atoms with Gasteiger partial charge in [0.25, 0.3) is 0 Å². The number of hydrogen-bond donors (Lipinski definition) is 0. The molecule has 0 bridgehead atoms. The molecule has 2 aliphatic rings. The number of rotatable bonds is 3. The highest BCUT2D eigenvalue weighted by atomic mass is 32.2. The molecule has 0 atom stereocenters. The molecule has 0 unspecified atom stereocenters. The van der Waals surface area contributed by atoms with Gasteiger partial charge in [0.1, 0.15) is 5.78 Å². The molecule has 0 N–H and O–H groups in total. The van der Waals surface area contributed by atoms with E-state index in [0.29, 0.717) is 17.6 Å². The highest BCUT2D eigenvalue weighted by Crippen LogP contribution is 2.28. The Morgan fingerprint density at radius 3 is 2.50 bits per heavy atom. The number of Topliss-reactive ketones (excluding diaryl/α,β-unsaturated/α-hetero) is 1. The van der Waals surface area contributed by atoms with E-state index in [2.05, 4.69) is 12.2 Å². The van der Waals surface area contributed by atoms with Crippen LogP contribution >= 0.6 is 11.8 Å².